The summed E-state index contributed by atoms with van der Waals surface area (Å²) in [5.41, 5.74) is 14.8. The molecule has 13 aromatic heterocycles. The van der Waals surface area contributed by atoms with Crippen LogP contribution < -0.4 is 21.3 Å². The summed E-state index contributed by atoms with van der Waals surface area (Å²) in [6, 6.07) is 37.4. The van der Waals surface area contributed by atoms with Crippen LogP contribution in [0.2, 0.25) is 0 Å². The topological polar surface area (TPSA) is 472 Å². The number of ketones is 2. The third-order valence-corrected chi connectivity index (χ3v) is 31.3. The highest BCUT2D eigenvalue weighted by molar-refractivity contribution is 7.92. The maximum Gasteiger partial charge on any atom is 0.229 e. The van der Waals surface area contributed by atoms with Gasteiger partial charge in [0, 0.05) is 166 Å². The molecule has 0 aliphatic heterocycles. The van der Waals surface area contributed by atoms with Gasteiger partial charge in [0.15, 0.2) is 55.9 Å². The molecule has 0 amide bonds. The van der Waals surface area contributed by atoms with Gasteiger partial charge in [0.25, 0.3) is 0 Å². The lowest BCUT2D eigenvalue weighted by Crippen LogP contribution is -2.39. The smallest absolute Gasteiger partial charge is 0.229 e. The van der Waals surface area contributed by atoms with Gasteiger partial charge in [0.05, 0.1) is 108 Å². The lowest BCUT2D eigenvalue weighted by Gasteiger charge is -2.37. The predicted molar refractivity (Wildman–Crippen MR) is 494 cm³/mol. The number of hydrogen-bond donors (Lipinski definition) is 8. The summed E-state index contributed by atoms with van der Waals surface area (Å²) in [6.07, 6.45) is 32.9. The summed E-state index contributed by atoms with van der Waals surface area (Å²) in [4.78, 5) is 81.1. The van der Waals surface area contributed by atoms with Crippen LogP contribution >= 0.6 is 0 Å². The number of pyridine rings is 7. The van der Waals surface area contributed by atoms with Crippen LogP contribution in [-0.4, -0.2) is 168 Å². The van der Waals surface area contributed by atoms with Gasteiger partial charge in [-0.25, -0.2) is 73.5 Å². The second-order valence-electron chi connectivity index (χ2n) is 33.1. The van der Waals surface area contributed by atoms with E-state index in [1.165, 1.54) is 30.7 Å². The SMILES string of the molecule is CCC(=O)c1ccnc(-c2cnc3[nH]ccc3c2NC2CC(CS(=O)(=O)c3cc(C#N)ccn3)C2)c1.CCC(=O)c1ccnc(-c2cnc3[nH]ccc3c2NC2CC(CS(=O)(=O)c3cccc(C#N)c3)C2)c1.CCCS(=O)(=O)CC1CC(Nc2c(-c3ncco3)cnc3[nH]ccc23)C1.Cc1cccc(S(=O)(=O)CC2CC(Nc3c(-c4ccncn4)cnc4[nH]ccc34)C2)c1. The molecule has 4 aliphatic carbocycles. The van der Waals surface area contributed by atoms with E-state index in [1.807, 2.05) is 107 Å². The van der Waals surface area contributed by atoms with E-state index in [0.717, 1.165) is 126 Å². The Balaban J connectivity index is 0.000000127. The first-order valence-corrected chi connectivity index (χ1v) is 49.5. The Hall–Kier alpha value is -13.7. The number of carbonyl (C=O) groups excluding carboxylic acids is 2. The minimum atomic E-state index is -3.59. The number of aromatic amines is 4. The number of carbonyl (C=O) groups is 2. The number of fused-ring (bicyclic) bond motifs is 4. The van der Waals surface area contributed by atoms with Gasteiger partial charge in [0.2, 0.25) is 5.89 Å². The summed E-state index contributed by atoms with van der Waals surface area (Å²) in [5, 5.41) is 36.2. The van der Waals surface area contributed by atoms with Crippen LogP contribution in [0.25, 0.3) is 89.4 Å². The minimum absolute atomic E-state index is 0.0153. The molecule has 35 heteroatoms. The van der Waals surface area contributed by atoms with Crippen LogP contribution in [0.15, 0.2) is 228 Å². The van der Waals surface area contributed by atoms with E-state index in [9.17, 15) is 43.3 Å². The van der Waals surface area contributed by atoms with Crippen molar-refractivity contribution in [1.82, 2.24) is 69.8 Å². The minimum Gasteiger partial charge on any atom is -0.444 e. The number of aryl methyl sites for hydroxylation is 1. The monoisotopic (exact) mass is 1810 g/mol. The zero-order valence-electron chi connectivity index (χ0n) is 71.1. The lowest BCUT2D eigenvalue weighted by atomic mass is 9.81. The van der Waals surface area contributed by atoms with Crippen LogP contribution in [0, 0.1) is 53.3 Å². The zero-order valence-corrected chi connectivity index (χ0v) is 74.3. The molecule has 0 radical (unpaired) electrons. The first kappa shape index (κ1) is 88.7. The number of nitriles is 2. The number of nitrogens with zero attached hydrogens (tertiary/aromatic N) is 12. The number of hydrogen-bond acceptors (Lipinski definition) is 27. The van der Waals surface area contributed by atoms with E-state index in [2.05, 4.69) is 91.0 Å². The van der Waals surface area contributed by atoms with E-state index in [4.69, 9.17) is 14.9 Å². The number of nitrogens with one attached hydrogen (secondary N) is 8. The number of sulfone groups is 4. The molecule has 31 nitrogen and oxygen atoms in total. The molecule has 0 unspecified atom stereocenters. The molecule has 13 heterocycles. The highest BCUT2D eigenvalue weighted by atomic mass is 32.2. The fourth-order valence-corrected chi connectivity index (χ4v) is 23.9. The number of oxazole rings is 1. The van der Waals surface area contributed by atoms with Gasteiger partial charge in [0.1, 0.15) is 35.2 Å². The van der Waals surface area contributed by atoms with Crippen molar-refractivity contribution < 1.29 is 47.7 Å². The van der Waals surface area contributed by atoms with Crippen molar-refractivity contribution in [3.05, 3.63) is 236 Å². The number of benzene rings is 2. The summed E-state index contributed by atoms with van der Waals surface area (Å²) in [7, 11) is -13.3. The van der Waals surface area contributed by atoms with E-state index in [-0.39, 0.29) is 97.9 Å². The number of rotatable bonds is 29. The van der Waals surface area contributed by atoms with Crippen molar-refractivity contribution >= 4 is 118 Å². The molecule has 15 aromatic rings. The standard InChI is InChI=1S/C27H25N5O3S.C26H24N6O3S.C23H23N5O2S.C18H22N4O3S/c1-2-25(33)19-6-8-29-24(13-19)23-15-31-27-22(7-9-30-27)26(23)32-20-10-18(11-20)16-36(34,35)21-5-3-4-17(12-21)14-28;1-2-23(33)18-4-7-28-22(12-18)21-14-31-26-20(5-8-30-26)25(21)32-19-9-17(10-19)15-36(34,35)24-11-16(13-27)3-6-29-24;1-15-3-2-4-18(9-15)31(29,30)13-16-10-17(11-16)28-22-19-5-8-25-23(19)26-12-20(22)21-6-7-24-14-27-21;1-2-7-26(23,24)11-12-8-13(9-12)22-16-14-3-4-19-17(14)21-10-15(16)18-20-5-6-25-18/h3-9,12-13,15,18,20H,2,10-11,16H2,1H3,(H2,30,31,32);3-8,11-12,14,17,19H,2,9-10,15H2,1H3,(H2,30,31,32);2-9,12,14,16-17H,10-11,13H2,1H3,(H2,25,26,28);3-6,10,12-13H,2,7-9,11H2,1H3,(H2,19,21,22). The van der Waals surface area contributed by atoms with Crippen LogP contribution in [0.1, 0.15) is 129 Å². The molecule has 4 fully saturated rings. The largest absolute Gasteiger partial charge is 0.444 e. The van der Waals surface area contributed by atoms with Crippen LogP contribution in [0.5, 0.6) is 0 Å². The maximum atomic E-state index is 12.9. The average Bonchev–Trinajstić information content (AvgIpc) is 1.79. The Morgan fingerprint density at radius 1 is 0.426 bits per heavy atom. The maximum absolute atomic E-state index is 12.9. The third kappa shape index (κ3) is 20.5. The van der Waals surface area contributed by atoms with E-state index < -0.39 is 39.3 Å². The Morgan fingerprint density at radius 2 is 0.845 bits per heavy atom. The van der Waals surface area contributed by atoms with E-state index >= 15 is 0 Å². The summed E-state index contributed by atoms with van der Waals surface area (Å²) in [6.45, 7) is 7.47. The van der Waals surface area contributed by atoms with Crippen molar-refractivity contribution in [2.24, 2.45) is 23.7 Å². The van der Waals surface area contributed by atoms with Crippen LogP contribution in [-0.2, 0) is 39.3 Å². The molecule has 2 aromatic carbocycles. The molecule has 0 atom stereocenters. The van der Waals surface area contributed by atoms with Crippen molar-refractivity contribution in [3.63, 3.8) is 0 Å². The average molecular weight is 1810 g/mol. The molecular weight excluding hydrogens is 1710 g/mol. The van der Waals surface area contributed by atoms with Gasteiger partial charge < -0.3 is 45.6 Å². The van der Waals surface area contributed by atoms with Crippen LogP contribution in [0.4, 0.5) is 22.7 Å². The molecule has 0 saturated heterocycles. The van der Waals surface area contributed by atoms with Crippen molar-refractivity contribution in [2.75, 3.05) is 50.0 Å². The molecule has 660 valence electrons. The molecule has 129 heavy (non-hydrogen) atoms. The molecule has 0 spiro atoms. The first-order valence-electron chi connectivity index (χ1n) is 42.7. The molecule has 8 N–H and O–H groups in total. The Labute approximate surface area is 745 Å². The third-order valence-electron chi connectivity index (χ3n) is 23.8. The normalized spacial score (nSPS) is 18.2. The number of H-pyrrole nitrogens is 4. The summed E-state index contributed by atoms with van der Waals surface area (Å²) < 4.78 is 106. The molecule has 4 saturated carbocycles. The highest BCUT2D eigenvalue weighted by Crippen LogP contribution is 2.44. The van der Waals surface area contributed by atoms with Gasteiger partial charge in [-0.2, -0.15) is 10.5 Å². The van der Waals surface area contributed by atoms with Crippen molar-refractivity contribution in [3.8, 4) is 57.4 Å². The Morgan fingerprint density at radius 3 is 1.27 bits per heavy atom. The fraction of sp³-hybridized carbons (Fsp3) is 0.298. The van der Waals surface area contributed by atoms with Crippen molar-refractivity contribution in [1.29, 1.82) is 10.5 Å². The van der Waals surface area contributed by atoms with Gasteiger partial charge in [-0.3, -0.25) is 19.6 Å². The predicted octanol–water partition coefficient (Wildman–Crippen LogP) is 16.1. The summed E-state index contributed by atoms with van der Waals surface area (Å²) >= 11 is 0. The number of Topliss-reactive ketones (excluding diaryl/α,β-unsaturated/α-hetero) is 2. The quantitative estimate of drug-likeness (QED) is 0.0202. The van der Waals surface area contributed by atoms with Crippen LogP contribution in [0.3, 0.4) is 0 Å². The summed E-state index contributed by atoms with van der Waals surface area (Å²) in [5.74, 6) is 1.79. The Kier molecular flexibility index (Phi) is 26.4. The second-order valence-corrected chi connectivity index (χ2v) is 41.4. The number of aromatic nitrogens is 14. The highest BCUT2D eigenvalue weighted by Gasteiger charge is 2.39. The fourth-order valence-electron chi connectivity index (χ4n) is 17.1. The zero-order chi connectivity index (χ0) is 90.1. The van der Waals surface area contributed by atoms with Gasteiger partial charge in [-0.05, 0) is 191 Å². The molecule has 19 rings (SSSR count). The van der Waals surface area contributed by atoms with E-state index in [1.54, 1.807) is 110 Å². The van der Waals surface area contributed by atoms with E-state index in [0.29, 0.717) is 89.6 Å². The number of anilines is 4. The van der Waals surface area contributed by atoms with Gasteiger partial charge in [-0.1, -0.05) is 39.0 Å². The first-order chi connectivity index (χ1) is 62.3. The second kappa shape index (κ2) is 38.4. The Bertz CT molecular complexity index is 6970. The van der Waals surface area contributed by atoms with Gasteiger partial charge >= 0.3 is 0 Å². The molecule has 4 aliphatic rings. The molecule has 0 bridgehead atoms. The molecular formula is C94H94N20O11S4. The lowest BCUT2D eigenvalue weighted by molar-refractivity contribution is 0.0980. The van der Waals surface area contributed by atoms with Crippen molar-refractivity contribution in [2.45, 2.75) is 137 Å². The van der Waals surface area contributed by atoms with Gasteiger partial charge in [-0.15, -0.1) is 0 Å².